The first-order valence-electron chi connectivity index (χ1n) is 8.62. The van der Waals surface area contributed by atoms with Gasteiger partial charge in [0.15, 0.2) is 5.96 Å². The fourth-order valence-corrected chi connectivity index (χ4v) is 2.75. The summed E-state index contributed by atoms with van der Waals surface area (Å²) in [6.07, 6.45) is 2.97. The Bertz CT molecular complexity index is 356. The van der Waals surface area contributed by atoms with Gasteiger partial charge in [0.2, 0.25) is 5.91 Å². The molecule has 0 aromatic rings. The van der Waals surface area contributed by atoms with E-state index >= 15 is 0 Å². The van der Waals surface area contributed by atoms with E-state index in [4.69, 9.17) is 0 Å². The monoisotopic (exact) mass is 311 g/mol. The highest BCUT2D eigenvalue weighted by molar-refractivity contribution is 5.81. The molecule has 1 amide bonds. The van der Waals surface area contributed by atoms with E-state index in [2.05, 4.69) is 39.7 Å². The minimum absolute atomic E-state index is 0.0753. The predicted octanol–water partition coefficient (Wildman–Crippen LogP) is 0.941. The normalized spacial score (nSPS) is 19.5. The molecule has 22 heavy (non-hydrogen) atoms. The molecule has 0 bridgehead atoms. The van der Waals surface area contributed by atoms with Gasteiger partial charge in [0.25, 0.3) is 0 Å². The highest BCUT2D eigenvalue weighted by Gasteiger charge is 2.22. The second-order valence-electron chi connectivity index (χ2n) is 6.04. The second kappa shape index (κ2) is 10.4. The Kier molecular flexibility index (Phi) is 8.89. The molecule has 0 radical (unpaired) electrons. The van der Waals surface area contributed by atoms with E-state index in [0.717, 1.165) is 25.6 Å². The van der Waals surface area contributed by atoms with Crippen LogP contribution in [0.4, 0.5) is 0 Å². The fraction of sp³-hybridized carbons (Fsp3) is 0.875. The van der Waals surface area contributed by atoms with Crippen molar-refractivity contribution in [2.24, 2.45) is 4.99 Å². The van der Waals surface area contributed by atoms with Crippen molar-refractivity contribution < 1.29 is 4.79 Å². The van der Waals surface area contributed by atoms with Crippen LogP contribution in [0, 0.1) is 0 Å². The predicted molar refractivity (Wildman–Crippen MR) is 92.1 cm³/mol. The summed E-state index contributed by atoms with van der Waals surface area (Å²) >= 11 is 0. The Morgan fingerprint density at radius 3 is 2.73 bits per heavy atom. The SMILES string of the molecule is CCNC(=NCC1CCCN1CC)NCCC(=O)NC(C)C. The molecular weight excluding hydrogens is 278 g/mol. The number of amides is 1. The van der Waals surface area contributed by atoms with Crippen molar-refractivity contribution in [1.29, 1.82) is 0 Å². The zero-order valence-corrected chi connectivity index (χ0v) is 14.6. The zero-order valence-electron chi connectivity index (χ0n) is 14.6. The average Bonchev–Trinajstić information content (AvgIpc) is 2.91. The van der Waals surface area contributed by atoms with Crippen molar-refractivity contribution in [3.63, 3.8) is 0 Å². The van der Waals surface area contributed by atoms with E-state index in [1.807, 2.05) is 13.8 Å². The lowest BCUT2D eigenvalue weighted by molar-refractivity contribution is -0.121. The maximum absolute atomic E-state index is 11.6. The second-order valence-corrected chi connectivity index (χ2v) is 6.04. The Balaban J connectivity index is 2.37. The third-order valence-corrected chi connectivity index (χ3v) is 3.80. The van der Waals surface area contributed by atoms with Gasteiger partial charge in [-0.2, -0.15) is 0 Å². The highest BCUT2D eigenvalue weighted by Crippen LogP contribution is 2.16. The van der Waals surface area contributed by atoms with Crippen LogP contribution < -0.4 is 16.0 Å². The lowest BCUT2D eigenvalue weighted by Gasteiger charge is -2.21. The molecule has 0 saturated carbocycles. The first-order valence-corrected chi connectivity index (χ1v) is 8.62. The van der Waals surface area contributed by atoms with Crippen molar-refractivity contribution >= 4 is 11.9 Å². The highest BCUT2D eigenvalue weighted by atomic mass is 16.1. The molecule has 6 nitrogen and oxygen atoms in total. The van der Waals surface area contributed by atoms with Crippen LogP contribution in [0.25, 0.3) is 0 Å². The molecule has 128 valence electrons. The average molecular weight is 311 g/mol. The molecule has 6 heteroatoms. The number of likely N-dealkylation sites (N-methyl/N-ethyl adjacent to an activating group) is 1. The maximum atomic E-state index is 11.6. The fourth-order valence-electron chi connectivity index (χ4n) is 2.75. The molecule has 1 heterocycles. The van der Waals surface area contributed by atoms with Crippen molar-refractivity contribution in [2.45, 2.75) is 59.0 Å². The minimum atomic E-state index is 0.0753. The zero-order chi connectivity index (χ0) is 16.4. The van der Waals surface area contributed by atoms with Crippen molar-refractivity contribution in [3.8, 4) is 0 Å². The van der Waals surface area contributed by atoms with Gasteiger partial charge in [-0.25, -0.2) is 0 Å². The largest absolute Gasteiger partial charge is 0.357 e. The summed E-state index contributed by atoms with van der Waals surface area (Å²) in [4.78, 5) is 18.8. The van der Waals surface area contributed by atoms with Crippen LogP contribution in [0.2, 0.25) is 0 Å². The van der Waals surface area contributed by atoms with E-state index in [1.165, 1.54) is 19.4 Å². The summed E-state index contributed by atoms with van der Waals surface area (Å²) in [5.74, 6) is 0.883. The number of nitrogens with zero attached hydrogens (tertiary/aromatic N) is 2. The molecule has 0 aromatic carbocycles. The number of hydrogen-bond donors (Lipinski definition) is 3. The Hall–Kier alpha value is -1.30. The van der Waals surface area contributed by atoms with E-state index in [9.17, 15) is 4.79 Å². The van der Waals surface area contributed by atoms with Gasteiger partial charge in [0.1, 0.15) is 0 Å². The van der Waals surface area contributed by atoms with Crippen LogP contribution in [-0.2, 0) is 4.79 Å². The van der Waals surface area contributed by atoms with Crippen LogP contribution in [0.3, 0.4) is 0 Å². The summed E-state index contributed by atoms with van der Waals surface area (Å²) in [6, 6.07) is 0.751. The number of likely N-dealkylation sites (tertiary alicyclic amines) is 1. The molecule has 1 atom stereocenters. The number of nitrogens with one attached hydrogen (secondary N) is 3. The van der Waals surface area contributed by atoms with Gasteiger partial charge in [-0.15, -0.1) is 0 Å². The summed E-state index contributed by atoms with van der Waals surface area (Å²) in [6.45, 7) is 12.7. The number of rotatable bonds is 8. The first kappa shape index (κ1) is 18.7. The molecule has 3 N–H and O–H groups in total. The van der Waals surface area contributed by atoms with E-state index < -0.39 is 0 Å². The number of hydrogen-bond acceptors (Lipinski definition) is 3. The molecule has 1 saturated heterocycles. The smallest absolute Gasteiger partial charge is 0.221 e. The van der Waals surface area contributed by atoms with Gasteiger partial charge >= 0.3 is 0 Å². The lowest BCUT2D eigenvalue weighted by atomic mass is 10.2. The molecule has 0 spiro atoms. The van der Waals surface area contributed by atoms with Gasteiger partial charge in [-0.3, -0.25) is 14.7 Å². The van der Waals surface area contributed by atoms with Gasteiger partial charge < -0.3 is 16.0 Å². The van der Waals surface area contributed by atoms with Crippen LogP contribution in [-0.4, -0.2) is 61.6 Å². The van der Waals surface area contributed by atoms with E-state index in [1.54, 1.807) is 0 Å². The summed E-state index contributed by atoms with van der Waals surface area (Å²) < 4.78 is 0. The quantitative estimate of drug-likeness (QED) is 0.461. The summed E-state index contributed by atoms with van der Waals surface area (Å²) in [5, 5.41) is 9.38. The molecule has 1 aliphatic heterocycles. The van der Waals surface area contributed by atoms with Gasteiger partial charge in [-0.05, 0) is 46.7 Å². The first-order chi connectivity index (χ1) is 10.6. The van der Waals surface area contributed by atoms with Gasteiger partial charge in [0.05, 0.1) is 6.54 Å². The summed E-state index contributed by atoms with van der Waals surface area (Å²) in [5.41, 5.74) is 0. The summed E-state index contributed by atoms with van der Waals surface area (Å²) in [7, 11) is 0. The Morgan fingerprint density at radius 2 is 2.09 bits per heavy atom. The minimum Gasteiger partial charge on any atom is -0.357 e. The number of aliphatic imine (C=N–C) groups is 1. The van der Waals surface area contributed by atoms with Gasteiger partial charge in [-0.1, -0.05) is 6.92 Å². The lowest BCUT2D eigenvalue weighted by Crippen LogP contribution is -2.41. The Labute approximate surface area is 135 Å². The molecule has 1 unspecified atom stereocenters. The Morgan fingerprint density at radius 1 is 1.32 bits per heavy atom. The molecule has 1 rings (SSSR count). The van der Waals surface area contributed by atoms with E-state index in [-0.39, 0.29) is 11.9 Å². The molecule has 0 aliphatic carbocycles. The van der Waals surface area contributed by atoms with Crippen LogP contribution in [0.15, 0.2) is 4.99 Å². The van der Waals surface area contributed by atoms with Crippen LogP contribution in [0.1, 0.15) is 47.0 Å². The van der Waals surface area contributed by atoms with Crippen molar-refractivity contribution in [3.05, 3.63) is 0 Å². The number of carbonyl (C=O) groups is 1. The van der Waals surface area contributed by atoms with Crippen molar-refractivity contribution in [1.82, 2.24) is 20.9 Å². The molecule has 1 fully saturated rings. The van der Waals surface area contributed by atoms with Crippen LogP contribution in [0.5, 0.6) is 0 Å². The number of carbonyl (C=O) groups excluding carboxylic acids is 1. The van der Waals surface area contributed by atoms with Crippen LogP contribution >= 0.6 is 0 Å². The maximum Gasteiger partial charge on any atom is 0.221 e. The standard InChI is InChI=1S/C16H33N5O/c1-5-17-16(18-10-9-15(22)20-13(3)4)19-12-14-8-7-11-21(14)6-2/h13-14H,5-12H2,1-4H3,(H,20,22)(H2,17,18,19). The van der Waals surface area contributed by atoms with Crippen molar-refractivity contribution in [2.75, 3.05) is 32.7 Å². The molecule has 0 aromatic heterocycles. The topological polar surface area (TPSA) is 68.8 Å². The third-order valence-electron chi connectivity index (χ3n) is 3.80. The van der Waals surface area contributed by atoms with Gasteiger partial charge in [0, 0.05) is 31.6 Å². The number of guanidine groups is 1. The molecular formula is C16H33N5O. The molecule has 1 aliphatic rings. The third kappa shape index (κ3) is 7.11. The van der Waals surface area contributed by atoms with E-state index in [0.29, 0.717) is 19.0 Å².